The van der Waals surface area contributed by atoms with E-state index in [2.05, 4.69) is 147 Å². The Hall–Kier alpha value is -4.94. The summed E-state index contributed by atoms with van der Waals surface area (Å²) in [5.74, 6) is 0. The van der Waals surface area contributed by atoms with Gasteiger partial charge in [-0.1, -0.05) is 145 Å². The first-order valence-corrected chi connectivity index (χ1v) is 14.5. The van der Waals surface area contributed by atoms with Gasteiger partial charge in [0.15, 0.2) is 0 Å². The van der Waals surface area contributed by atoms with E-state index in [0.29, 0.717) is 0 Å². The van der Waals surface area contributed by atoms with Crippen LogP contribution in [0, 0.1) is 13.8 Å². The van der Waals surface area contributed by atoms with E-state index < -0.39 is 0 Å². The maximum absolute atomic E-state index is 2.33. The predicted octanol–water partition coefficient (Wildman–Crippen LogP) is 11.2. The van der Waals surface area contributed by atoms with Gasteiger partial charge in [-0.2, -0.15) is 0 Å². The molecule has 1 aliphatic rings. The zero-order chi connectivity index (χ0) is 27.5. The van der Waals surface area contributed by atoms with E-state index >= 15 is 0 Å². The molecular weight excluding hydrogens is 492 g/mol. The SMILES string of the molecule is Cc1cc(C)cc(-c2c3ccccc3c(-c3ccc(-c4cccc5c4Cc4ccccc4-5)cc3)c3ccccc23)c1. The molecule has 41 heavy (non-hydrogen) atoms. The molecule has 8 rings (SSSR count). The molecule has 0 nitrogen and oxygen atoms in total. The highest BCUT2D eigenvalue weighted by Crippen LogP contribution is 2.45. The molecule has 0 saturated carbocycles. The largest absolute Gasteiger partial charge is 0.0619 e. The van der Waals surface area contributed by atoms with Gasteiger partial charge in [-0.3, -0.25) is 0 Å². The maximum atomic E-state index is 2.33. The molecule has 0 atom stereocenters. The molecule has 0 aromatic heterocycles. The normalized spacial score (nSPS) is 12.0. The highest BCUT2D eigenvalue weighted by Gasteiger charge is 2.21. The average Bonchev–Trinajstić information content (AvgIpc) is 3.38. The number of fused-ring (bicyclic) bond motifs is 5. The van der Waals surface area contributed by atoms with E-state index in [1.165, 1.54) is 88.3 Å². The summed E-state index contributed by atoms with van der Waals surface area (Å²) < 4.78 is 0. The van der Waals surface area contributed by atoms with Crippen LogP contribution >= 0.6 is 0 Å². The van der Waals surface area contributed by atoms with Gasteiger partial charge in [0.1, 0.15) is 0 Å². The Balaban J connectivity index is 1.31. The minimum Gasteiger partial charge on any atom is -0.0619 e. The van der Waals surface area contributed by atoms with Gasteiger partial charge in [-0.05, 0) is 97.4 Å². The van der Waals surface area contributed by atoms with Gasteiger partial charge in [0.25, 0.3) is 0 Å². The summed E-state index contributed by atoms with van der Waals surface area (Å²) in [4.78, 5) is 0. The van der Waals surface area contributed by atoms with Crippen LogP contribution in [-0.4, -0.2) is 0 Å². The van der Waals surface area contributed by atoms with Crippen LogP contribution in [0.25, 0.3) is 66.1 Å². The molecule has 0 saturated heterocycles. The molecule has 194 valence electrons. The third kappa shape index (κ3) is 3.83. The molecular formula is C41H30. The summed E-state index contributed by atoms with van der Waals surface area (Å²) in [6.07, 6.45) is 0.999. The highest BCUT2D eigenvalue weighted by atomic mass is 14.2. The smallest absolute Gasteiger partial charge is 0.000729 e. The minimum absolute atomic E-state index is 0.999. The fourth-order valence-corrected chi connectivity index (χ4v) is 7.11. The molecule has 1 aliphatic carbocycles. The van der Waals surface area contributed by atoms with Crippen LogP contribution in [0.4, 0.5) is 0 Å². The molecule has 7 aromatic rings. The lowest BCUT2D eigenvalue weighted by molar-refractivity contribution is 1.26. The van der Waals surface area contributed by atoms with E-state index in [-0.39, 0.29) is 0 Å². The summed E-state index contributed by atoms with van der Waals surface area (Å²) in [5, 5.41) is 5.19. The molecule has 0 fully saturated rings. The number of hydrogen-bond donors (Lipinski definition) is 0. The third-order valence-corrected chi connectivity index (χ3v) is 8.78. The Labute approximate surface area is 241 Å². The van der Waals surface area contributed by atoms with Crippen LogP contribution in [0.1, 0.15) is 22.3 Å². The van der Waals surface area contributed by atoms with E-state index in [4.69, 9.17) is 0 Å². The molecule has 0 amide bonds. The van der Waals surface area contributed by atoms with Crippen LogP contribution in [0.5, 0.6) is 0 Å². The fourth-order valence-electron chi connectivity index (χ4n) is 7.11. The molecule has 0 heteroatoms. The van der Waals surface area contributed by atoms with Gasteiger partial charge in [0.05, 0.1) is 0 Å². The number of rotatable bonds is 3. The second-order valence-corrected chi connectivity index (χ2v) is 11.5. The van der Waals surface area contributed by atoms with Crippen LogP contribution in [-0.2, 0) is 6.42 Å². The van der Waals surface area contributed by atoms with Gasteiger partial charge in [-0.15, -0.1) is 0 Å². The van der Waals surface area contributed by atoms with Crippen molar-refractivity contribution in [2.24, 2.45) is 0 Å². The van der Waals surface area contributed by atoms with Crippen molar-refractivity contribution in [1.29, 1.82) is 0 Å². The summed E-state index contributed by atoms with van der Waals surface area (Å²) in [5.41, 5.74) is 16.0. The first-order valence-electron chi connectivity index (χ1n) is 14.5. The molecule has 0 heterocycles. The van der Waals surface area contributed by atoms with Crippen molar-refractivity contribution in [1.82, 2.24) is 0 Å². The van der Waals surface area contributed by atoms with Gasteiger partial charge >= 0.3 is 0 Å². The molecule has 7 aromatic carbocycles. The van der Waals surface area contributed by atoms with E-state index in [9.17, 15) is 0 Å². The maximum Gasteiger partial charge on any atom is -0.000729 e. The van der Waals surface area contributed by atoms with Crippen molar-refractivity contribution >= 4 is 21.5 Å². The van der Waals surface area contributed by atoms with E-state index in [1.54, 1.807) is 0 Å². The zero-order valence-electron chi connectivity index (χ0n) is 23.4. The van der Waals surface area contributed by atoms with Crippen molar-refractivity contribution in [2.75, 3.05) is 0 Å². The van der Waals surface area contributed by atoms with Crippen molar-refractivity contribution in [2.45, 2.75) is 20.3 Å². The van der Waals surface area contributed by atoms with Gasteiger partial charge in [0.2, 0.25) is 0 Å². The minimum atomic E-state index is 0.999. The lowest BCUT2D eigenvalue weighted by atomic mass is 9.85. The van der Waals surface area contributed by atoms with E-state index in [1.807, 2.05) is 0 Å². The van der Waals surface area contributed by atoms with Gasteiger partial charge in [-0.25, -0.2) is 0 Å². The van der Waals surface area contributed by atoms with Crippen LogP contribution in [0.3, 0.4) is 0 Å². The standard InChI is InChI=1S/C41H30/c1-26-22-27(2)24-31(23-26)41-37-14-7-5-12-35(37)40(36-13-6-8-15-38(36)41)29-20-18-28(19-21-29)32-16-9-17-34-33-11-4-3-10-30(33)25-39(32)34/h3-24H,25H2,1-2H3. The van der Waals surface area contributed by atoms with Crippen molar-refractivity contribution in [3.8, 4) is 44.5 Å². The van der Waals surface area contributed by atoms with Crippen LogP contribution < -0.4 is 0 Å². The van der Waals surface area contributed by atoms with Gasteiger partial charge in [0, 0.05) is 0 Å². The lowest BCUT2D eigenvalue weighted by Gasteiger charge is -2.18. The molecule has 0 aliphatic heterocycles. The Morgan fingerprint density at radius 2 is 0.878 bits per heavy atom. The molecule has 0 N–H and O–H groups in total. The number of benzene rings is 7. The summed E-state index contributed by atoms with van der Waals surface area (Å²) >= 11 is 0. The third-order valence-electron chi connectivity index (χ3n) is 8.78. The second kappa shape index (κ2) is 9.32. The summed E-state index contributed by atoms with van der Waals surface area (Å²) in [6.45, 7) is 4.38. The Kier molecular flexibility index (Phi) is 5.43. The number of hydrogen-bond acceptors (Lipinski definition) is 0. The Bertz CT molecular complexity index is 2050. The Morgan fingerprint density at radius 1 is 0.390 bits per heavy atom. The fraction of sp³-hybridized carbons (Fsp3) is 0.0732. The zero-order valence-corrected chi connectivity index (χ0v) is 23.4. The predicted molar refractivity (Wildman–Crippen MR) is 175 cm³/mol. The van der Waals surface area contributed by atoms with E-state index in [0.717, 1.165) is 6.42 Å². The quantitative estimate of drug-likeness (QED) is 0.202. The van der Waals surface area contributed by atoms with Crippen LogP contribution in [0.2, 0.25) is 0 Å². The molecule has 0 unspecified atom stereocenters. The Morgan fingerprint density at radius 3 is 1.51 bits per heavy atom. The molecule has 0 spiro atoms. The summed E-state index contributed by atoms with van der Waals surface area (Å²) in [7, 11) is 0. The van der Waals surface area contributed by atoms with Crippen LogP contribution in [0.15, 0.2) is 133 Å². The first kappa shape index (κ1) is 23.9. The highest BCUT2D eigenvalue weighted by molar-refractivity contribution is 6.21. The molecule has 0 bridgehead atoms. The molecule has 0 radical (unpaired) electrons. The lowest BCUT2D eigenvalue weighted by Crippen LogP contribution is -1.92. The number of aryl methyl sites for hydroxylation is 2. The topological polar surface area (TPSA) is 0 Å². The summed E-state index contributed by atoms with van der Waals surface area (Å²) in [6, 6.07) is 49.6. The average molecular weight is 523 g/mol. The van der Waals surface area contributed by atoms with Crippen molar-refractivity contribution < 1.29 is 0 Å². The second-order valence-electron chi connectivity index (χ2n) is 11.5. The monoisotopic (exact) mass is 522 g/mol. The van der Waals surface area contributed by atoms with Crippen molar-refractivity contribution in [3.63, 3.8) is 0 Å². The van der Waals surface area contributed by atoms with Crippen molar-refractivity contribution in [3.05, 3.63) is 156 Å². The first-order chi connectivity index (χ1) is 20.2. The van der Waals surface area contributed by atoms with Gasteiger partial charge < -0.3 is 0 Å².